The summed E-state index contributed by atoms with van der Waals surface area (Å²) < 4.78 is 0. The average Bonchev–Trinajstić information content (AvgIpc) is 3.38. The number of allylic oxidation sites excluding steroid dienone is 1. The van der Waals surface area contributed by atoms with Crippen LogP contribution < -0.4 is 10.2 Å². The first-order valence-corrected chi connectivity index (χ1v) is 12.8. The summed E-state index contributed by atoms with van der Waals surface area (Å²) in [7, 11) is 0. The molecular formula is C29H30N4O3. The van der Waals surface area contributed by atoms with Crippen LogP contribution >= 0.6 is 0 Å². The number of amides is 4. The van der Waals surface area contributed by atoms with Gasteiger partial charge in [-0.1, -0.05) is 42.0 Å². The quantitative estimate of drug-likeness (QED) is 0.395. The molecule has 1 saturated heterocycles. The lowest BCUT2D eigenvalue weighted by Crippen LogP contribution is -2.49. The fraction of sp³-hybridized carbons (Fsp3) is 0.345. The molecule has 2 aromatic carbocycles. The Kier molecular flexibility index (Phi) is 5.43. The number of benzene rings is 2. The highest BCUT2D eigenvalue weighted by molar-refractivity contribution is 6.25. The smallest absolute Gasteiger partial charge is 0.332 e. The zero-order valence-electron chi connectivity index (χ0n) is 20.5. The SMILES string of the molecule is C[C@]12C(=O)N(c3ccccc3C(=O)NCCC3=CCCCC3)C(=O)N1CCc1c2[nH]c2ccccc12. The summed E-state index contributed by atoms with van der Waals surface area (Å²) in [5, 5.41) is 4.08. The molecule has 0 bridgehead atoms. The number of imide groups is 1. The largest absolute Gasteiger partial charge is 0.356 e. The van der Waals surface area contributed by atoms with E-state index in [4.69, 9.17) is 0 Å². The van der Waals surface area contributed by atoms with Crippen LogP contribution in [0.5, 0.6) is 0 Å². The summed E-state index contributed by atoms with van der Waals surface area (Å²) in [4.78, 5) is 47.1. The molecule has 1 fully saturated rings. The van der Waals surface area contributed by atoms with Crippen molar-refractivity contribution in [2.75, 3.05) is 18.0 Å². The first-order chi connectivity index (χ1) is 17.5. The van der Waals surface area contributed by atoms with Crippen molar-refractivity contribution in [1.29, 1.82) is 0 Å². The van der Waals surface area contributed by atoms with Crippen LogP contribution in [0.4, 0.5) is 10.5 Å². The molecule has 0 spiro atoms. The molecule has 6 rings (SSSR count). The molecule has 7 heteroatoms. The standard InChI is InChI=1S/C29H30N4O3/c1-29-25-21(20-11-5-7-13-23(20)31-25)16-18-32(29)28(36)33(27(29)35)24-14-8-6-12-22(24)26(34)30-17-15-19-9-3-2-4-10-19/h5-9,11-14,31H,2-4,10,15-18H2,1H3,(H,30,34)/t29-/m0/s1. The van der Waals surface area contributed by atoms with Crippen LogP contribution in [-0.2, 0) is 16.8 Å². The number of anilines is 1. The third-order valence-corrected chi connectivity index (χ3v) is 7.97. The number of aromatic amines is 1. The maximum absolute atomic E-state index is 14.0. The predicted molar refractivity (Wildman–Crippen MR) is 139 cm³/mol. The van der Waals surface area contributed by atoms with Gasteiger partial charge in [0.2, 0.25) is 0 Å². The van der Waals surface area contributed by atoms with E-state index < -0.39 is 5.54 Å². The summed E-state index contributed by atoms with van der Waals surface area (Å²) in [5.74, 6) is -0.614. The van der Waals surface area contributed by atoms with E-state index in [2.05, 4.69) is 16.4 Å². The average molecular weight is 483 g/mol. The molecule has 3 aromatic rings. The van der Waals surface area contributed by atoms with E-state index >= 15 is 0 Å². The summed E-state index contributed by atoms with van der Waals surface area (Å²) in [6, 6.07) is 14.5. The molecule has 184 valence electrons. The van der Waals surface area contributed by atoms with Gasteiger partial charge in [0.05, 0.1) is 16.9 Å². The van der Waals surface area contributed by atoms with E-state index in [9.17, 15) is 14.4 Å². The second-order valence-corrected chi connectivity index (χ2v) is 10.1. The van der Waals surface area contributed by atoms with Crippen LogP contribution in [0.15, 0.2) is 60.2 Å². The molecule has 1 atom stereocenters. The number of hydrogen-bond donors (Lipinski definition) is 2. The zero-order valence-corrected chi connectivity index (χ0v) is 20.5. The third-order valence-electron chi connectivity index (χ3n) is 7.97. The summed E-state index contributed by atoms with van der Waals surface area (Å²) in [5.41, 5.74) is 3.69. The van der Waals surface area contributed by atoms with Crippen LogP contribution in [0.25, 0.3) is 10.9 Å². The molecule has 2 aliphatic heterocycles. The van der Waals surface area contributed by atoms with Crippen LogP contribution in [-0.4, -0.2) is 40.8 Å². The van der Waals surface area contributed by atoms with E-state index in [1.165, 1.54) is 23.3 Å². The van der Waals surface area contributed by atoms with Gasteiger partial charge in [-0.3, -0.25) is 9.59 Å². The van der Waals surface area contributed by atoms with Crippen molar-refractivity contribution in [3.05, 3.63) is 77.0 Å². The van der Waals surface area contributed by atoms with Crippen LogP contribution in [0.1, 0.15) is 60.6 Å². The number of para-hydroxylation sites is 2. The fourth-order valence-electron chi connectivity index (χ4n) is 6.03. The molecule has 2 N–H and O–H groups in total. The number of nitrogens with one attached hydrogen (secondary N) is 2. The number of carbonyl (C=O) groups excluding carboxylic acids is 3. The summed E-state index contributed by atoms with van der Waals surface area (Å²) in [6.45, 7) is 2.78. The number of aromatic nitrogens is 1. The van der Waals surface area contributed by atoms with E-state index in [0.29, 0.717) is 30.8 Å². The van der Waals surface area contributed by atoms with E-state index in [1.54, 1.807) is 36.1 Å². The van der Waals surface area contributed by atoms with Gasteiger partial charge in [0.15, 0.2) is 5.54 Å². The van der Waals surface area contributed by atoms with E-state index in [-0.39, 0.29) is 17.8 Å². The monoisotopic (exact) mass is 482 g/mol. The normalized spacial score (nSPS) is 21.4. The maximum Gasteiger partial charge on any atom is 0.332 e. The van der Waals surface area contributed by atoms with Crippen molar-refractivity contribution in [2.45, 2.75) is 51.0 Å². The minimum Gasteiger partial charge on any atom is -0.356 e. The molecule has 4 amide bonds. The minimum absolute atomic E-state index is 0.274. The predicted octanol–water partition coefficient (Wildman–Crippen LogP) is 5.03. The molecule has 3 heterocycles. The highest BCUT2D eigenvalue weighted by atomic mass is 16.2. The molecule has 7 nitrogen and oxygen atoms in total. The molecule has 0 radical (unpaired) electrons. The lowest BCUT2D eigenvalue weighted by molar-refractivity contribution is -0.125. The Morgan fingerprint density at radius 2 is 1.86 bits per heavy atom. The van der Waals surface area contributed by atoms with Gasteiger partial charge in [0.25, 0.3) is 11.8 Å². The Morgan fingerprint density at radius 3 is 2.69 bits per heavy atom. The van der Waals surface area contributed by atoms with Crippen LogP contribution in [0, 0.1) is 0 Å². The number of hydrogen-bond acceptors (Lipinski definition) is 3. The summed E-state index contributed by atoms with van der Waals surface area (Å²) in [6.07, 6.45) is 8.41. The number of rotatable bonds is 5. The van der Waals surface area contributed by atoms with E-state index in [1.807, 2.05) is 24.3 Å². The van der Waals surface area contributed by atoms with Gasteiger partial charge in [-0.15, -0.1) is 0 Å². The number of fused-ring (bicyclic) bond motifs is 5. The molecule has 36 heavy (non-hydrogen) atoms. The van der Waals surface area contributed by atoms with Crippen molar-refractivity contribution < 1.29 is 14.4 Å². The van der Waals surface area contributed by atoms with Crippen molar-refractivity contribution in [2.24, 2.45) is 0 Å². The molecule has 1 aromatic heterocycles. The molecule has 0 unspecified atom stereocenters. The maximum atomic E-state index is 14.0. The summed E-state index contributed by atoms with van der Waals surface area (Å²) >= 11 is 0. The van der Waals surface area contributed by atoms with Crippen molar-refractivity contribution in [3.8, 4) is 0 Å². The molecule has 3 aliphatic rings. The van der Waals surface area contributed by atoms with Crippen LogP contribution in [0.3, 0.4) is 0 Å². The lowest BCUT2D eigenvalue weighted by atomic mass is 9.87. The highest BCUT2D eigenvalue weighted by Gasteiger charge is 2.59. The van der Waals surface area contributed by atoms with Crippen molar-refractivity contribution >= 4 is 34.4 Å². The Morgan fingerprint density at radius 1 is 1.06 bits per heavy atom. The van der Waals surface area contributed by atoms with Gasteiger partial charge in [-0.2, -0.15) is 0 Å². The fourth-order valence-corrected chi connectivity index (χ4v) is 6.03. The first kappa shape index (κ1) is 22.6. The van der Waals surface area contributed by atoms with Gasteiger partial charge >= 0.3 is 6.03 Å². The zero-order chi connectivity index (χ0) is 24.9. The van der Waals surface area contributed by atoms with Gasteiger partial charge in [-0.05, 0) is 69.2 Å². The van der Waals surface area contributed by atoms with Gasteiger partial charge in [0, 0.05) is 24.0 Å². The Labute approximate surface area is 210 Å². The van der Waals surface area contributed by atoms with E-state index in [0.717, 1.165) is 41.4 Å². The van der Waals surface area contributed by atoms with Crippen molar-refractivity contribution in [1.82, 2.24) is 15.2 Å². The Hall–Kier alpha value is -3.87. The van der Waals surface area contributed by atoms with Gasteiger partial charge in [0.1, 0.15) is 0 Å². The highest BCUT2D eigenvalue weighted by Crippen LogP contribution is 2.45. The van der Waals surface area contributed by atoms with Crippen LogP contribution in [0.2, 0.25) is 0 Å². The van der Waals surface area contributed by atoms with Gasteiger partial charge in [-0.25, -0.2) is 9.69 Å². The first-order valence-electron chi connectivity index (χ1n) is 12.8. The minimum atomic E-state index is -1.15. The van der Waals surface area contributed by atoms with Gasteiger partial charge < -0.3 is 15.2 Å². The lowest BCUT2D eigenvalue weighted by Gasteiger charge is -2.35. The second-order valence-electron chi connectivity index (χ2n) is 10.1. The molecular weight excluding hydrogens is 452 g/mol. The number of carbonyl (C=O) groups is 3. The molecule has 0 saturated carbocycles. The number of H-pyrrole nitrogens is 1. The number of urea groups is 1. The topological polar surface area (TPSA) is 85.5 Å². The molecule has 1 aliphatic carbocycles. The second kappa shape index (κ2) is 8.66. The Balaban J connectivity index is 1.31. The Bertz CT molecular complexity index is 1420. The third kappa shape index (κ3) is 3.37. The number of nitrogens with zero attached hydrogens (tertiary/aromatic N) is 2. The van der Waals surface area contributed by atoms with Crippen molar-refractivity contribution in [3.63, 3.8) is 0 Å².